The lowest BCUT2D eigenvalue weighted by Crippen LogP contribution is -2.29. The standard InChI is InChI=1S/C22H22F4IN3O3/c1-12-6-5-7-15(20(30-32-4)21(31)28-3)17(12)11-33-29-13(2)16-9-18(23)19(27)8-14(16)10-22(24,25)26/h5-9H,10-11H2,1-4H3,(H,28,31)/b29-13+,30-20+. The number of oxime groups is 2. The molecule has 2 aromatic rings. The van der Waals surface area contributed by atoms with Crippen molar-refractivity contribution in [3.63, 3.8) is 0 Å². The minimum absolute atomic E-state index is 0.00208. The molecule has 0 aliphatic carbocycles. The molecule has 0 saturated carbocycles. The van der Waals surface area contributed by atoms with Crippen molar-refractivity contribution < 1.29 is 32.0 Å². The third kappa shape index (κ3) is 7.14. The lowest BCUT2D eigenvalue weighted by Gasteiger charge is -2.14. The van der Waals surface area contributed by atoms with Crippen LogP contribution in [0.25, 0.3) is 0 Å². The van der Waals surface area contributed by atoms with Gasteiger partial charge in [0.05, 0.1) is 12.1 Å². The van der Waals surface area contributed by atoms with Crippen molar-refractivity contribution in [1.82, 2.24) is 5.32 Å². The third-order valence-corrected chi connectivity index (χ3v) is 5.45. The highest BCUT2D eigenvalue weighted by Gasteiger charge is 2.30. The number of carbonyl (C=O) groups excluding carboxylic acids is 1. The molecule has 0 heterocycles. The van der Waals surface area contributed by atoms with Gasteiger partial charge in [-0.2, -0.15) is 13.2 Å². The Labute approximate surface area is 202 Å². The molecule has 0 spiro atoms. The number of aryl methyl sites for hydroxylation is 1. The number of nitrogens with zero attached hydrogens (tertiary/aromatic N) is 2. The number of carbonyl (C=O) groups is 1. The van der Waals surface area contributed by atoms with Crippen molar-refractivity contribution in [2.75, 3.05) is 14.2 Å². The molecule has 33 heavy (non-hydrogen) atoms. The summed E-state index contributed by atoms with van der Waals surface area (Å²) in [5, 5.41) is 10.2. The Balaban J connectivity index is 2.37. The number of hydrogen-bond acceptors (Lipinski definition) is 5. The van der Waals surface area contributed by atoms with Crippen molar-refractivity contribution in [3.8, 4) is 0 Å². The summed E-state index contributed by atoms with van der Waals surface area (Å²) >= 11 is 1.64. The fraction of sp³-hybridized carbons (Fsp3) is 0.318. The molecule has 11 heteroatoms. The Hall–Kier alpha value is -2.70. The predicted molar refractivity (Wildman–Crippen MR) is 125 cm³/mol. The number of halogens is 5. The Morgan fingerprint density at radius 3 is 2.48 bits per heavy atom. The number of nitrogens with one attached hydrogen (secondary N) is 1. The second kappa shape index (κ2) is 11.4. The van der Waals surface area contributed by atoms with Crippen molar-refractivity contribution >= 4 is 39.9 Å². The van der Waals surface area contributed by atoms with Gasteiger partial charge in [-0.05, 0) is 59.7 Å². The summed E-state index contributed by atoms with van der Waals surface area (Å²) in [6.45, 7) is 3.12. The van der Waals surface area contributed by atoms with Gasteiger partial charge in [0, 0.05) is 27.3 Å². The summed E-state index contributed by atoms with van der Waals surface area (Å²) in [7, 11) is 2.76. The van der Waals surface area contributed by atoms with Gasteiger partial charge in [0.2, 0.25) is 0 Å². The van der Waals surface area contributed by atoms with Crippen LogP contribution < -0.4 is 5.32 Å². The van der Waals surface area contributed by atoms with Gasteiger partial charge < -0.3 is 15.0 Å². The molecule has 178 valence electrons. The van der Waals surface area contributed by atoms with E-state index >= 15 is 0 Å². The Morgan fingerprint density at radius 2 is 1.88 bits per heavy atom. The molecular formula is C22H22F4IN3O3. The van der Waals surface area contributed by atoms with Gasteiger partial charge in [0.25, 0.3) is 5.91 Å². The van der Waals surface area contributed by atoms with Crippen LogP contribution >= 0.6 is 22.6 Å². The number of hydrogen-bond donors (Lipinski definition) is 1. The zero-order valence-corrected chi connectivity index (χ0v) is 20.5. The topological polar surface area (TPSA) is 72.3 Å². The molecular weight excluding hydrogens is 557 g/mol. The highest BCUT2D eigenvalue weighted by molar-refractivity contribution is 14.1. The first kappa shape index (κ1) is 26.6. The van der Waals surface area contributed by atoms with Crippen LogP contribution in [0.3, 0.4) is 0 Å². The monoisotopic (exact) mass is 579 g/mol. The first-order valence-electron chi connectivity index (χ1n) is 9.62. The van der Waals surface area contributed by atoms with Gasteiger partial charge >= 0.3 is 6.18 Å². The molecule has 0 aromatic heterocycles. The second-order valence-electron chi connectivity index (χ2n) is 6.97. The van der Waals surface area contributed by atoms with Crippen molar-refractivity contribution in [2.45, 2.75) is 33.1 Å². The zero-order chi connectivity index (χ0) is 24.8. The van der Waals surface area contributed by atoms with E-state index in [1.807, 2.05) is 0 Å². The fourth-order valence-electron chi connectivity index (χ4n) is 3.07. The van der Waals surface area contributed by atoms with Crippen molar-refractivity contribution in [3.05, 3.63) is 67.5 Å². The summed E-state index contributed by atoms with van der Waals surface area (Å²) in [6.07, 6.45) is -5.69. The van der Waals surface area contributed by atoms with Gasteiger partial charge in [-0.3, -0.25) is 4.79 Å². The molecule has 1 N–H and O–H groups in total. The average molecular weight is 579 g/mol. The first-order chi connectivity index (χ1) is 15.5. The highest BCUT2D eigenvalue weighted by atomic mass is 127. The Kier molecular flexibility index (Phi) is 9.20. The maximum Gasteiger partial charge on any atom is 0.393 e. The van der Waals surface area contributed by atoms with Gasteiger partial charge in [-0.15, -0.1) is 0 Å². The zero-order valence-electron chi connectivity index (χ0n) is 18.3. The van der Waals surface area contributed by atoms with E-state index in [9.17, 15) is 22.4 Å². The molecule has 0 aliphatic rings. The van der Waals surface area contributed by atoms with E-state index < -0.39 is 24.3 Å². The maximum atomic E-state index is 14.1. The number of alkyl halides is 3. The molecule has 0 aliphatic heterocycles. The highest BCUT2D eigenvalue weighted by Crippen LogP contribution is 2.27. The largest absolute Gasteiger partial charge is 0.398 e. The lowest BCUT2D eigenvalue weighted by atomic mass is 9.98. The Morgan fingerprint density at radius 1 is 1.18 bits per heavy atom. The maximum absolute atomic E-state index is 14.1. The van der Waals surface area contributed by atoms with E-state index in [2.05, 4.69) is 15.6 Å². The molecule has 0 bridgehead atoms. The molecule has 6 nitrogen and oxygen atoms in total. The van der Waals surface area contributed by atoms with E-state index in [1.165, 1.54) is 21.1 Å². The van der Waals surface area contributed by atoms with Gasteiger partial charge in [0.1, 0.15) is 19.5 Å². The lowest BCUT2D eigenvalue weighted by molar-refractivity contribution is -0.127. The van der Waals surface area contributed by atoms with E-state index in [0.29, 0.717) is 11.1 Å². The van der Waals surface area contributed by atoms with Crippen LogP contribution in [0.2, 0.25) is 0 Å². The summed E-state index contributed by atoms with van der Waals surface area (Å²) in [6, 6.07) is 7.34. The first-order valence-corrected chi connectivity index (χ1v) is 10.7. The van der Waals surface area contributed by atoms with Crippen LogP contribution in [0.5, 0.6) is 0 Å². The number of rotatable bonds is 8. The summed E-state index contributed by atoms with van der Waals surface area (Å²) < 4.78 is 53.1. The van der Waals surface area contributed by atoms with Crippen LogP contribution in [0, 0.1) is 16.3 Å². The SMILES string of the molecule is CNC(=O)/C(=N/OC)c1cccc(C)c1CO/N=C(\C)c1cc(F)c(I)cc1CC(F)(F)F. The number of benzene rings is 2. The summed E-state index contributed by atoms with van der Waals surface area (Å²) in [4.78, 5) is 22.4. The number of amides is 1. The third-order valence-electron chi connectivity index (χ3n) is 4.63. The van der Waals surface area contributed by atoms with Gasteiger partial charge in [-0.1, -0.05) is 28.5 Å². The molecule has 0 unspecified atom stereocenters. The molecule has 0 radical (unpaired) electrons. The molecule has 2 rings (SSSR count). The van der Waals surface area contributed by atoms with Crippen LogP contribution in [-0.4, -0.2) is 37.7 Å². The molecule has 0 saturated heterocycles. The van der Waals surface area contributed by atoms with Crippen molar-refractivity contribution in [2.24, 2.45) is 10.3 Å². The van der Waals surface area contributed by atoms with Gasteiger partial charge in [0.15, 0.2) is 5.71 Å². The molecule has 1 amide bonds. The average Bonchev–Trinajstić information content (AvgIpc) is 2.74. The van der Waals surface area contributed by atoms with E-state index in [-0.39, 0.29) is 32.7 Å². The quantitative estimate of drug-likeness (QED) is 0.210. The van der Waals surface area contributed by atoms with E-state index in [1.54, 1.807) is 47.7 Å². The predicted octanol–water partition coefficient (Wildman–Crippen LogP) is 4.88. The van der Waals surface area contributed by atoms with Crippen LogP contribution in [0.4, 0.5) is 17.6 Å². The van der Waals surface area contributed by atoms with Crippen LogP contribution in [0.15, 0.2) is 40.6 Å². The smallest absolute Gasteiger partial charge is 0.393 e. The van der Waals surface area contributed by atoms with E-state index in [0.717, 1.165) is 17.7 Å². The summed E-state index contributed by atoms with van der Waals surface area (Å²) in [5.74, 6) is -1.13. The molecule has 0 fully saturated rings. The minimum Gasteiger partial charge on any atom is -0.398 e. The van der Waals surface area contributed by atoms with E-state index in [4.69, 9.17) is 9.68 Å². The van der Waals surface area contributed by atoms with Crippen LogP contribution in [-0.2, 0) is 27.5 Å². The molecule has 0 atom stereocenters. The summed E-state index contributed by atoms with van der Waals surface area (Å²) in [5.41, 5.74) is 1.80. The minimum atomic E-state index is -4.47. The van der Waals surface area contributed by atoms with Crippen molar-refractivity contribution in [1.29, 1.82) is 0 Å². The van der Waals surface area contributed by atoms with Crippen LogP contribution in [0.1, 0.15) is 34.7 Å². The molecule has 2 aromatic carbocycles. The normalized spacial score (nSPS) is 12.5. The Bertz CT molecular complexity index is 1090. The van der Waals surface area contributed by atoms with Gasteiger partial charge in [-0.25, -0.2) is 4.39 Å². The second-order valence-corrected chi connectivity index (χ2v) is 8.13. The fourth-order valence-corrected chi connectivity index (χ4v) is 3.60. The number of likely N-dealkylation sites (N-methyl/N-ethyl adjacent to an activating group) is 1.